The number of rotatable bonds is 5. The Kier molecular flexibility index (Phi) is 3.72. The summed E-state index contributed by atoms with van der Waals surface area (Å²) < 4.78 is 19.2. The van der Waals surface area contributed by atoms with Crippen LogP contribution in [-0.2, 0) is 11.3 Å². The van der Waals surface area contributed by atoms with E-state index in [0.29, 0.717) is 36.7 Å². The number of aliphatic hydroxyl groups is 1. The minimum absolute atomic E-state index is 0.168. The summed E-state index contributed by atoms with van der Waals surface area (Å²) in [6, 6.07) is 4.33. The Morgan fingerprint density at radius 1 is 1.40 bits per heavy atom. The number of β-amino-alcohol motifs (C(OH)–C–C–N with tert-alkyl or cyclic N) is 1. The predicted octanol–water partition coefficient (Wildman–Crippen LogP) is 1.57. The maximum absolute atomic E-state index is 13.7. The number of carbonyl (C=O) groups is 1. The topological polar surface area (TPSA) is 49.8 Å². The summed E-state index contributed by atoms with van der Waals surface area (Å²) in [4.78, 5) is 13.6. The van der Waals surface area contributed by atoms with E-state index in [9.17, 15) is 14.3 Å². The van der Waals surface area contributed by atoms with Crippen molar-refractivity contribution in [1.82, 2.24) is 4.90 Å². The maximum Gasteiger partial charge on any atom is 0.254 e. The van der Waals surface area contributed by atoms with E-state index in [1.165, 1.54) is 25.0 Å². The molecule has 4 nitrogen and oxygen atoms in total. The van der Waals surface area contributed by atoms with Gasteiger partial charge in [-0.3, -0.25) is 4.79 Å². The van der Waals surface area contributed by atoms with Gasteiger partial charge >= 0.3 is 0 Å². The van der Waals surface area contributed by atoms with Gasteiger partial charge in [0.15, 0.2) is 0 Å². The van der Waals surface area contributed by atoms with Gasteiger partial charge in [0.1, 0.15) is 5.82 Å². The second-order valence-corrected chi connectivity index (χ2v) is 5.63. The van der Waals surface area contributed by atoms with Crippen molar-refractivity contribution in [3.63, 3.8) is 0 Å². The summed E-state index contributed by atoms with van der Waals surface area (Å²) >= 11 is 0. The third kappa shape index (κ3) is 2.99. The molecule has 2 fully saturated rings. The largest absolute Gasteiger partial charge is 0.389 e. The molecule has 1 aliphatic heterocycles. The molecule has 108 valence electrons. The molecule has 1 saturated carbocycles. The third-order valence-electron chi connectivity index (χ3n) is 3.75. The monoisotopic (exact) mass is 279 g/mol. The van der Waals surface area contributed by atoms with E-state index in [0.717, 1.165) is 0 Å². The zero-order chi connectivity index (χ0) is 14.1. The molecule has 1 heterocycles. The lowest BCUT2D eigenvalue weighted by molar-refractivity contribution is 0.00586. The molecule has 0 spiro atoms. The van der Waals surface area contributed by atoms with Crippen LogP contribution in [0.3, 0.4) is 0 Å². The molecule has 1 aromatic rings. The summed E-state index contributed by atoms with van der Waals surface area (Å²) in [6.45, 7) is 1.56. The van der Waals surface area contributed by atoms with Crippen LogP contribution < -0.4 is 0 Å². The molecule has 0 aromatic heterocycles. The van der Waals surface area contributed by atoms with Gasteiger partial charge < -0.3 is 14.7 Å². The van der Waals surface area contributed by atoms with E-state index in [-0.39, 0.29) is 18.3 Å². The Hall–Kier alpha value is -1.46. The average molecular weight is 279 g/mol. The van der Waals surface area contributed by atoms with Crippen LogP contribution in [0.25, 0.3) is 0 Å². The fraction of sp³-hybridized carbons (Fsp3) is 0.533. The first-order valence-corrected chi connectivity index (χ1v) is 6.97. The van der Waals surface area contributed by atoms with Crippen LogP contribution in [0.15, 0.2) is 18.2 Å². The number of amides is 1. The normalized spacial score (nSPS) is 19.0. The number of likely N-dealkylation sites (tertiary alicyclic amines) is 1. The quantitative estimate of drug-likeness (QED) is 0.890. The lowest BCUT2D eigenvalue weighted by Crippen LogP contribution is -2.53. The van der Waals surface area contributed by atoms with Crippen molar-refractivity contribution in [2.24, 2.45) is 5.92 Å². The Bertz CT molecular complexity index is 510. The second kappa shape index (κ2) is 5.50. The van der Waals surface area contributed by atoms with Crippen molar-refractivity contribution in [3.05, 3.63) is 35.1 Å². The van der Waals surface area contributed by atoms with E-state index in [1.54, 1.807) is 11.0 Å². The highest BCUT2D eigenvalue weighted by Crippen LogP contribution is 2.29. The van der Waals surface area contributed by atoms with Gasteiger partial charge in [0, 0.05) is 30.8 Å². The molecule has 0 atom stereocenters. The summed E-state index contributed by atoms with van der Waals surface area (Å²) in [6.07, 6.45) is 1.96. The molecule has 1 aromatic carbocycles. The summed E-state index contributed by atoms with van der Waals surface area (Å²) in [5.74, 6) is 0.116. The van der Waals surface area contributed by atoms with E-state index < -0.39 is 6.10 Å². The highest BCUT2D eigenvalue weighted by molar-refractivity contribution is 5.95. The Balaban J connectivity index is 1.63. The van der Waals surface area contributed by atoms with Gasteiger partial charge in [0.25, 0.3) is 5.91 Å². The smallest absolute Gasteiger partial charge is 0.254 e. The highest BCUT2D eigenvalue weighted by Gasteiger charge is 2.29. The molecule has 1 saturated heterocycles. The number of nitrogens with zero attached hydrogens (tertiary/aromatic N) is 1. The van der Waals surface area contributed by atoms with Gasteiger partial charge in [0.2, 0.25) is 0 Å². The van der Waals surface area contributed by atoms with Crippen LogP contribution in [0.2, 0.25) is 0 Å². The molecule has 0 radical (unpaired) electrons. The second-order valence-electron chi connectivity index (χ2n) is 5.63. The van der Waals surface area contributed by atoms with Gasteiger partial charge in [-0.25, -0.2) is 4.39 Å². The van der Waals surface area contributed by atoms with E-state index in [1.807, 2.05) is 0 Å². The number of halogens is 1. The third-order valence-corrected chi connectivity index (χ3v) is 3.75. The molecule has 2 aliphatic rings. The van der Waals surface area contributed by atoms with E-state index >= 15 is 0 Å². The summed E-state index contributed by atoms with van der Waals surface area (Å²) in [5.41, 5.74) is 0.862. The maximum atomic E-state index is 13.7. The van der Waals surface area contributed by atoms with Gasteiger partial charge in [-0.1, -0.05) is 0 Å². The molecule has 0 bridgehead atoms. The summed E-state index contributed by atoms with van der Waals surface area (Å²) in [5, 5.41) is 9.21. The molecule has 5 heteroatoms. The first kappa shape index (κ1) is 13.5. The minimum atomic E-state index is -0.430. The number of aliphatic hydroxyl groups excluding tert-OH is 1. The van der Waals surface area contributed by atoms with Crippen molar-refractivity contribution in [1.29, 1.82) is 0 Å². The lowest BCUT2D eigenvalue weighted by Gasteiger charge is -2.35. The average Bonchev–Trinajstić information content (AvgIpc) is 3.20. The zero-order valence-electron chi connectivity index (χ0n) is 11.2. The SMILES string of the molecule is O=C(c1ccc(F)c(COCC2CC2)c1)N1CC(O)C1. The highest BCUT2D eigenvalue weighted by atomic mass is 19.1. The van der Waals surface area contributed by atoms with Crippen molar-refractivity contribution < 1.29 is 19.0 Å². The van der Waals surface area contributed by atoms with Crippen molar-refractivity contribution >= 4 is 5.91 Å². The first-order chi connectivity index (χ1) is 9.63. The van der Waals surface area contributed by atoms with Crippen LogP contribution in [0, 0.1) is 11.7 Å². The van der Waals surface area contributed by atoms with Gasteiger partial charge in [-0.15, -0.1) is 0 Å². The number of ether oxygens (including phenoxy) is 1. The number of hydrogen-bond acceptors (Lipinski definition) is 3. The standard InChI is InChI=1S/C15H18FNO3/c16-14-4-3-11(15(19)17-6-13(18)7-17)5-12(14)9-20-8-10-1-2-10/h3-5,10,13,18H,1-2,6-9H2. The molecule has 1 aliphatic carbocycles. The van der Waals surface area contributed by atoms with Crippen LogP contribution in [0.4, 0.5) is 4.39 Å². The van der Waals surface area contributed by atoms with Gasteiger partial charge in [-0.05, 0) is 37.0 Å². The Labute approximate surface area is 117 Å². The van der Waals surface area contributed by atoms with Gasteiger partial charge in [0.05, 0.1) is 12.7 Å². The molecule has 20 heavy (non-hydrogen) atoms. The Morgan fingerprint density at radius 2 is 2.15 bits per heavy atom. The van der Waals surface area contributed by atoms with Crippen LogP contribution in [0.5, 0.6) is 0 Å². The molecule has 0 unspecified atom stereocenters. The minimum Gasteiger partial charge on any atom is -0.389 e. The lowest BCUT2D eigenvalue weighted by atomic mass is 10.1. The van der Waals surface area contributed by atoms with Crippen molar-refractivity contribution in [3.8, 4) is 0 Å². The molecule has 3 rings (SSSR count). The molecular formula is C15H18FNO3. The number of benzene rings is 1. The molecular weight excluding hydrogens is 261 g/mol. The number of carbonyl (C=O) groups excluding carboxylic acids is 1. The van der Waals surface area contributed by atoms with E-state index in [4.69, 9.17) is 4.74 Å². The zero-order valence-corrected chi connectivity index (χ0v) is 11.2. The van der Waals surface area contributed by atoms with E-state index in [2.05, 4.69) is 0 Å². The number of hydrogen-bond donors (Lipinski definition) is 1. The summed E-state index contributed by atoms with van der Waals surface area (Å²) in [7, 11) is 0. The van der Waals surface area contributed by atoms with Crippen LogP contribution in [0.1, 0.15) is 28.8 Å². The van der Waals surface area contributed by atoms with Crippen molar-refractivity contribution in [2.45, 2.75) is 25.6 Å². The van der Waals surface area contributed by atoms with Crippen LogP contribution in [-0.4, -0.2) is 41.7 Å². The fourth-order valence-electron chi connectivity index (χ4n) is 2.24. The predicted molar refractivity (Wildman–Crippen MR) is 70.7 cm³/mol. The fourth-order valence-corrected chi connectivity index (χ4v) is 2.24. The first-order valence-electron chi connectivity index (χ1n) is 6.97. The Morgan fingerprint density at radius 3 is 2.80 bits per heavy atom. The van der Waals surface area contributed by atoms with Crippen LogP contribution >= 0.6 is 0 Å². The van der Waals surface area contributed by atoms with Gasteiger partial charge in [-0.2, -0.15) is 0 Å². The molecule has 1 amide bonds. The molecule has 1 N–H and O–H groups in total. The van der Waals surface area contributed by atoms with Crippen molar-refractivity contribution in [2.75, 3.05) is 19.7 Å².